The first-order valence-electron chi connectivity index (χ1n) is 7.90. The van der Waals surface area contributed by atoms with Crippen molar-refractivity contribution in [3.05, 3.63) is 65.7 Å². The highest BCUT2D eigenvalue weighted by Crippen LogP contribution is 2.25. The van der Waals surface area contributed by atoms with Crippen LogP contribution in [0.2, 0.25) is 0 Å². The maximum absolute atomic E-state index is 12.3. The van der Waals surface area contributed by atoms with Crippen LogP contribution in [0.3, 0.4) is 0 Å². The van der Waals surface area contributed by atoms with Crippen LogP contribution < -0.4 is 5.32 Å². The average molecular weight is 332 g/mol. The van der Waals surface area contributed by atoms with Crippen molar-refractivity contribution in [2.75, 3.05) is 5.32 Å². The molecule has 25 heavy (non-hydrogen) atoms. The van der Waals surface area contributed by atoms with Crippen LogP contribution in [0.4, 0.5) is 5.69 Å². The monoisotopic (exact) mass is 332 g/mol. The van der Waals surface area contributed by atoms with Crippen molar-refractivity contribution in [3.8, 4) is 11.3 Å². The normalized spacial score (nSPS) is 11.0. The van der Waals surface area contributed by atoms with Gasteiger partial charge in [-0.15, -0.1) is 0 Å². The molecule has 6 heteroatoms. The third kappa shape index (κ3) is 2.78. The Kier molecular flexibility index (Phi) is 3.57. The van der Waals surface area contributed by atoms with E-state index in [0.29, 0.717) is 11.4 Å². The molecule has 0 aliphatic rings. The zero-order valence-electron chi connectivity index (χ0n) is 13.8. The minimum absolute atomic E-state index is 0.289. The topological polar surface area (TPSA) is 83.8 Å². The van der Waals surface area contributed by atoms with E-state index in [4.69, 9.17) is 4.52 Å². The van der Waals surface area contributed by atoms with Gasteiger partial charge in [0, 0.05) is 16.6 Å². The fourth-order valence-electron chi connectivity index (χ4n) is 2.68. The molecule has 0 saturated heterocycles. The van der Waals surface area contributed by atoms with Gasteiger partial charge in [0.1, 0.15) is 11.4 Å². The predicted octanol–water partition coefficient (Wildman–Crippen LogP) is 4.09. The molecule has 0 atom stereocenters. The highest BCUT2D eigenvalue weighted by molar-refractivity contribution is 6.04. The number of aryl methyl sites for hydroxylation is 1. The second-order valence-corrected chi connectivity index (χ2v) is 5.88. The van der Waals surface area contributed by atoms with Gasteiger partial charge in [0.05, 0.1) is 11.9 Å². The first-order chi connectivity index (χ1) is 12.1. The molecule has 4 aromatic rings. The number of fused-ring (bicyclic) bond motifs is 1. The number of carbonyl (C=O) groups is 1. The third-order valence-corrected chi connectivity index (χ3v) is 4.18. The van der Waals surface area contributed by atoms with Gasteiger partial charge in [0.2, 0.25) is 0 Å². The lowest BCUT2D eigenvalue weighted by Crippen LogP contribution is -2.13. The molecular formula is C19H16N4O2. The van der Waals surface area contributed by atoms with Crippen LogP contribution in [0, 0.1) is 13.8 Å². The van der Waals surface area contributed by atoms with Crippen molar-refractivity contribution in [2.24, 2.45) is 0 Å². The van der Waals surface area contributed by atoms with Crippen molar-refractivity contribution in [1.29, 1.82) is 0 Å². The number of aromatic amines is 1. The summed E-state index contributed by atoms with van der Waals surface area (Å²) < 4.78 is 5.05. The maximum atomic E-state index is 12.3. The van der Waals surface area contributed by atoms with E-state index < -0.39 is 0 Å². The molecule has 3 aromatic heterocycles. The number of amides is 1. The number of hydrogen-bond donors (Lipinski definition) is 2. The summed E-state index contributed by atoms with van der Waals surface area (Å²) in [5.41, 5.74) is 4.46. The number of nitrogens with zero attached hydrogens (tertiary/aromatic N) is 2. The highest BCUT2D eigenvalue weighted by Gasteiger charge is 2.17. The summed E-state index contributed by atoms with van der Waals surface area (Å²) in [5.74, 6) is 0.325. The standard InChI is InChI=1S/C19H16N4O2/c1-11-12(2)25-23-17(11)19(24)21-15-8-14-9-16(22-18(14)20-10-15)13-6-4-3-5-7-13/h3-10H,1-2H3,(H,20,22)(H,21,24). The second-order valence-electron chi connectivity index (χ2n) is 5.88. The quantitative estimate of drug-likeness (QED) is 0.592. The number of H-pyrrole nitrogens is 1. The molecule has 1 aromatic carbocycles. The number of benzene rings is 1. The van der Waals surface area contributed by atoms with Crippen LogP contribution in [-0.2, 0) is 0 Å². The Morgan fingerprint density at radius 3 is 2.68 bits per heavy atom. The smallest absolute Gasteiger partial charge is 0.278 e. The molecule has 0 fully saturated rings. The molecule has 124 valence electrons. The number of aromatic nitrogens is 3. The van der Waals surface area contributed by atoms with E-state index in [1.807, 2.05) is 42.5 Å². The maximum Gasteiger partial charge on any atom is 0.278 e. The molecule has 1 amide bonds. The summed E-state index contributed by atoms with van der Waals surface area (Å²) in [6, 6.07) is 13.9. The van der Waals surface area contributed by atoms with Gasteiger partial charge in [-0.2, -0.15) is 0 Å². The molecule has 0 spiro atoms. The molecule has 0 aliphatic carbocycles. The molecule has 6 nitrogen and oxygen atoms in total. The van der Waals surface area contributed by atoms with Gasteiger partial charge in [-0.05, 0) is 31.5 Å². The van der Waals surface area contributed by atoms with Gasteiger partial charge >= 0.3 is 0 Å². The van der Waals surface area contributed by atoms with Crippen molar-refractivity contribution < 1.29 is 9.32 Å². The zero-order valence-corrected chi connectivity index (χ0v) is 13.8. The summed E-state index contributed by atoms with van der Waals surface area (Å²) in [7, 11) is 0. The number of nitrogens with one attached hydrogen (secondary N) is 2. The molecular weight excluding hydrogens is 316 g/mol. The second kappa shape index (κ2) is 5.90. The van der Waals surface area contributed by atoms with E-state index in [-0.39, 0.29) is 11.6 Å². The van der Waals surface area contributed by atoms with Crippen LogP contribution in [0.5, 0.6) is 0 Å². The fourth-order valence-corrected chi connectivity index (χ4v) is 2.68. The molecule has 0 aliphatic heterocycles. The number of hydrogen-bond acceptors (Lipinski definition) is 4. The number of anilines is 1. The SMILES string of the molecule is Cc1onc(C(=O)Nc2cnc3[nH]c(-c4ccccc4)cc3c2)c1C. The molecule has 0 bridgehead atoms. The molecule has 0 saturated carbocycles. The first kappa shape index (κ1) is 15.1. The van der Waals surface area contributed by atoms with Crippen LogP contribution in [-0.4, -0.2) is 21.0 Å². The Labute approximate surface area is 143 Å². The number of carbonyl (C=O) groups excluding carboxylic acids is 1. The van der Waals surface area contributed by atoms with Gasteiger partial charge in [0.25, 0.3) is 5.91 Å². The van der Waals surface area contributed by atoms with Gasteiger partial charge in [-0.1, -0.05) is 35.5 Å². The molecule has 0 unspecified atom stereocenters. The Morgan fingerprint density at radius 1 is 1.16 bits per heavy atom. The lowest BCUT2D eigenvalue weighted by molar-refractivity contribution is 0.101. The Balaban J connectivity index is 1.63. The van der Waals surface area contributed by atoms with Gasteiger partial charge < -0.3 is 14.8 Å². The van der Waals surface area contributed by atoms with E-state index in [1.165, 1.54) is 0 Å². The molecule has 3 heterocycles. The van der Waals surface area contributed by atoms with Crippen LogP contribution >= 0.6 is 0 Å². The zero-order chi connectivity index (χ0) is 17.4. The Bertz CT molecular complexity index is 1060. The van der Waals surface area contributed by atoms with E-state index in [2.05, 4.69) is 20.4 Å². The van der Waals surface area contributed by atoms with E-state index >= 15 is 0 Å². The summed E-state index contributed by atoms with van der Waals surface area (Å²) in [4.78, 5) is 20.0. The molecule has 4 rings (SSSR count). The van der Waals surface area contributed by atoms with Crippen molar-refractivity contribution in [2.45, 2.75) is 13.8 Å². The van der Waals surface area contributed by atoms with Crippen molar-refractivity contribution in [3.63, 3.8) is 0 Å². The van der Waals surface area contributed by atoms with Gasteiger partial charge in [-0.25, -0.2) is 4.98 Å². The minimum Gasteiger partial charge on any atom is -0.361 e. The van der Waals surface area contributed by atoms with E-state index in [0.717, 1.165) is 27.9 Å². The van der Waals surface area contributed by atoms with Crippen molar-refractivity contribution in [1.82, 2.24) is 15.1 Å². The summed E-state index contributed by atoms with van der Waals surface area (Å²) >= 11 is 0. The number of rotatable bonds is 3. The van der Waals surface area contributed by atoms with Gasteiger partial charge in [-0.3, -0.25) is 4.79 Å². The largest absolute Gasteiger partial charge is 0.361 e. The van der Waals surface area contributed by atoms with Crippen molar-refractivity contribution >= 4 is 22.6 Å². The predicted molar refractivity (Wildman–Crippen MR) is 95.5 cm³/mol. The van der Waals surface area contributed by atoms with Gasteiger partial charge in [0.15, 0.2) is 5.69 Å². The van der Waals surface area contributed by atoms with Crippen LogP contribution in [0.1, 0.15) is 21.8 Å². The molecule has 2 N–H and O–H groups in total. The Morgan fingerprint density at radius 2 is 1.96 bits per heavy atom. The third-order valence-electron chi connectivity index (χ3n) is 4.18. The highest BCUT2D eigenvalue weighted by atomic mass is 16.5. The van der Waals surface area contributed by atoms with Crippen LogP contribution in [0.15, 0.2) is 53.2 Å². The molecule has 0 radical (unpaired) electrons. The van der Waals surface area contributed by atoms with E-state index in [9.17, 15) is 4.79 Å². The Hall–Kier alpha value is -3.41. The lowest BCUT2D eigenvalue weighted by Gasteiger charge is -2.03. The number of pyridine rings is 1. The van der Waals surface area contributed by atoms with E-state index in [1.54, 1.807) is 20.0 Å². The first-order valence-corrected chi connectivity index (χ1v) is 7.90. The fraction of sp³-hybridized carbons (Fsp3) is 0.105. The summed E-state index contributed by atoms with van der Waals surface area (Å²) in [6.07, 6.45) is 1.62. The lowest BCUT2D eigenvalue weighted by atomic mass is 10.1. The summed E-state index contributed by atoms with van der Waals surface area (Å²) in [5, 5.41) is 7.54. The van der Waals surface area contributed by atoms with Crippen LogP contribution in [0.25, 0.3) is 22.3 Å². The summed E-state index contributed by atoms with van der Waals surface area (Å²) in [6.45, 7) is 3.58. The minimum atomic E-state index is -0.311. The average Bonchev–Trinajstić information content (AvgIpc) is 3.19.